The maximum Gasteiger partial charge on any atom is 0.252 e. The molecule has 188 valence electrons. The Kier molecular flexibility index (Phi) is 8.62. The van der Waals surface area contributed by atoms with Gasteiger partial charge in [-0.2, -0.15) is 0 Å². The number of carbonyl (C=O) groups excluding carboxylic acids is 1. The number of unbranched alkanes of at least 4 members (excludes halogenated alkanes) is 1. The molecule has 4 N–H and O–H groups in total. The molecular weight excluding hydrogens is 460 g/mol. The van der Waals surface area contributed by atoms with Crippen molar-refractivity contribution in [1.82, 2.24) is 14.9 Å². The highest BCUT2D eigenvalue weighted by Gasteiger charge is 2.28. The number of carbonyl (C=O) groups is 1. The van der Waals surface area contributed by atoms with Crippen LogP contribution in [0.4, 0.5) is 0 Å². The summed E-state index contributed by atoms with van der Waals surface area (Å²) in [7, 11) is 0. The van der Waals surface area contributed by atoms with E-state index in [0.717, 1.165) is 42.0 Å². The number of aromatic hydroxyl groups is 1. The van der Waals surface area contributed by atoms with Gasteiger partial charge in [0.15, 0.2) is 5.15 Å². The second-order valence-corrected chi connectivity index (χ2v) is 10.6. The van der Waals surface area contributed by atoms with Crippen LogP contribution in [-0.4, -0.2) is 26.6 Å². The number of imidazole rings is 1. The third-order valence-corrected chi connectivity index (χ3v) is 6.77. The maximum absolute atomic E-state index is 11.4. The fourth-order valence-corrected chi connectivity index (χ4v) is 4.51. The number of rotatable bonds is 10. The predicted octanol–water partition coefficient (Wildman–Crippen LogP) is 5.86. The summed E-state index contributed by atoms with van der Waals surface area (Å²) in [4.78, 5) is 16.2. The summed E-state index contributed by atoms with van der Waals surface area (Å²) < 4.78 is 2.28. The van der Waals surface area contributed by atoms with Gasteiger partial charge in [0.05, 0.1) is 11.3 Å². The second-order valence-electron chi connectivity index (χ2n) is 10.2. The Labute approximate surface area is 213 Å². The molecule has 0 radical (unpaired) electrons. The van der Waals surface area contributed by atoms with Gasteiger partial charge in [-0.25, -0.2) is 4.98 Å². The Bertz CT molecular complexity index is 1180. The topological polar surface area (TPSA) is 93.2 Å². The SMILES string of the molecule is CCCCn1c(-c2ccccc2C)nc(Cl)c1CC(NCc1ccc(C(N)=O)c(O)c1)C(C)(C)C. The zero-order chi connectivity index (χ0) is 25.8. The summed E-state index contributed by atoms with van der Waals surface area (Å²) in [6.45, 7) is 12.3. The molecule has 0 saturated carbocycles. The molecule has 7 heteroatoms. The van der Waals surface area contributed by atoms with E-state index in [1.165, 1.54) is 5.56 Å². The van der Waals surface area contributed by atoms with Gasteiger partial charge in [-0.05, 0) is 42.0 Å². The van der Waals surface area contributed by atoms with Crippen LogP contribution in [0.5, 0.6) is 5.75 Å². The minimum absolute atomic E-state index is 0.0682. The van der Waals surface area contributed by atoms with E-state index >= 15 is 0 Å². The van der Waals surface area contributed by atoms with E-state index < -0.39 is 5.91 Å². The van der Waals surface area contributed by atoms with Crippen molar-refractivity contribution in [1.29, 1.82) is 0 Å². The summed E-state index contributed by atoms with van der Waals surface area (Å²) in [6, 6.07) is 13.3. The molecule has 1 amide bonds. The summed E-state index contributed by atoms with van der Waals surface area (Å²) in [5.41, 5.74) is 9.53. The van der Waals surface area contributed by atoms with Gasteiger partial charge in [0.2, 0.25) is 0 Å². The van der Waals surface area contributed by atoms with E-state index in [4.69, 9.17) is 22.3 Å². The lowest BCUT2D eigenvalue weighted by Gasteiger charge is -2.32. The first kappa shape index (κ1) is 26.8. The lowest BCUT2D eigenvalue weighted by Crippen LogP contribution is -2.42. The van der Waals surface area contributed by atoms with Crippen LogP contribution in [0.25, 0.3) is 11.4 Å². The molecule has 0 fully saturated rings. The van der Waals surface area contributed by atoms with Crippen LogP contribution >= 0.6 is 11.6 Å². The van der Waals surface area contributed by atoms with Crippen LogP contribution in [0.15, 0.2) is 42.5 Å². The Morgan fingerprint density at radius 1 is 1.23 bits per heavy atom. The number of amides is 1. The average molecular weight is 497 g/mol. The fraction of sp³-hybridized carbons (Fsp3) is 0.429. The Balaban J connectivity index is 1.91. The minimum atomic E-state index is -0.644. The standard InChI is InChI=1S/C28H37ClN4O2/c1-6-7-14-33-22(25(29)32-27(33)20-11-9-8-10-18(20)2)16-24(28(3,4)5)31-17-19-12-13-21(26(30)35)23(34)15-19/h8-13,15,24,31,34H,6-7,14,16-17H2,1-5H3,(H2,30,35). The van der Waals surface area contributed by atoms with Gasteiger partial charge in [0.1, 0.15) is 11.6 Å². The monoisotopic (exact) mass is 496 g/mol. The van der Waals surface area contributed by atoms with Crippen LogP contribution in [0.1, 0.15) is 67.7 Å². The number of phenols is 1. The molecule has 3 aromatic rings. The molecule has 1 atom stereocenters. The number of nitrogens with one attached hydrogen (secondary N) is 1. The van der Waals surface area contributed by atoms with Crippen LogP contribution < -0.4 is 11.1 Å². The van der Waals surface area contributed by atoms with Crippen molar-refractivity contribution in [2.75, 3.05) is 0 Å². The van der Waals surface area contributed by atoms with Gasteiger partial charge in [0.25, 0.3) is 5.91 Å². The van der Waals surface area contributed by atoms with Crippen LogP contribution in [0.3, 0.4) is 0 Å². The average Bonchev–Trinajstić information content (AvgIpc) is 3.09. The van der Waals surface area contributed by atoms with E-state index in [9.17, 15) is 9.90 Å². The molecular formula is C28H37ClN4O2. The Morgan fingerprint density at radius 2 is 1.94 bits per heavy atom. The molecule has 35 heavy (non-hydrogen) atoms. The first-order valence-electron chi connectivity index (χ1n) is 12.2. The molecule has 1 unspecified atom stereocenters. The number of hydrogen-bond acceptors (Lipinski definition) is 4. The molecule has 3 rings (SSSR count). The first-order valence-corrected chi connectivity index (χ1v) is 12.6. The highest BCUT2D eigenvalue weighted by Crippen LogP contribution is 2.32. The van der Waals surface area contributed by atoms with E-state index in [2.05, 4.69) is 56.6 Å². The number of aryl methyl sites for hydroxylation is 1. The minimum Gasteiger partial charge on any atom is -0.507 e. The normalized spacial score (nSPS) is 12.6. The predicted molar refractivity (Wildman–Crippen MR) is 143 cm³/mol. The van der Waals surface area contributed by atoms with Crippen molar-refractivity contribution in [2.45, 2.75) is 73.0 Å². The molecule has 1 heterocycles. The number of primary amides is 1. The zero-order valence-electron chi connectivity index (χ0n) is 21.4. The van der Waals surface area contributed by atoms with E-state index in [-0.39, 0.29) is 22.8 Å². The highest BCUT2D eigenvalue weighted by atomic mass is 35.5. The molecule has 0 aliphatic rings. The molecule has 0 bridgehead atoms. The first-order chi connectivity index (χ1) is 16.5. The third kappa shape index (κ3) is 6.44. The van der Waals surface area contributed by atoms with Gasteiger partial charge in [0, 0.05) is 31.1 Å². The number of halogens is 1. The van der Waals surface area contributed by atoms with Crippen molar-refractivity contribution >= 4 is 17.5 Å². The number of benzene rings is 2. The second kappa shape index (κ2) is 11.3. The number of aromatic nitrogens is 2. The number of nitrogens with zero attached hydrogens (tertiary/aromatic N) is 2. The molecule has 0 saturated heterocycles. The van der Waals surface area contributed by atoms with Gasteiger partial charge in [-0.15, -0.1) is 0 Å². The van der Waals surface area contributed by atoms with Crippen molar-refractivity contribution in [3.63, 3.8) is 0 Å². The van der Waals surface area contributed by atoms with Gasteiger partial charge < -0.3 is 20.7 Å². The van der Waals surface area contributed by atoms with Gasteiger partial charge in [-0.1, -0.05) is 76.0 Å². The molecule has 0 spiro atoms. The number of nitrogens with two attached hydrogens (primary N) is 1. The summed E-state index contributed by atoms with van der Waals surface area (Å²) >= 11 is 6.77. The van der Waals surface area contributed by atoms with E-state index in [0.29, 0.717) is 18.1 Å². The highest BCUT2D eigenvalue weighted by molar-refractivity contribution is 6.30. The molecule has 0 aliphatic carbocycles. The smallest absolute Gasteiger partial charge is 0.252 e. The van der Waals surface area contributed by atoms with Crippen molar-refractivity contribution in [3.8, 4) is 17.1 Å². The lowest BCUT2D eigenvalue weighted by atomic mass is 9.84. The summed E-state index contributed by atoms with van der Waals surface area (Å²) in [6.07, 6.45) is 2.82. The molecule has 6 nitrogen and oxygen atoms in total. The molecule has 1 aromatic heterocycles. The Hall–Kier alpha value is -2.83. The van der Waals surface area contributed by atoms with E-state index in [1.807, 2.05) is 12.1 Å². The summed E-state index contributed by atoms with van der Waals surface area (Å²) in [5, 5.41) is 14.3. The van der Waals surface area contributed by atoms with Gasteiger partial charge in [-0.3, -0.25) is 4.79 Å². The van der Waals surface area contributed by atoms with Crippen molar-refractivity contribution in [2.24, 2.45) is 11.1 Å². The van der Waals surface area contributed by atoms with Crippen LogP contribution in [0, 0.1) is 12.3 Å². The number of hydrogen-bond donors (Lipinski definition) is 3. The van der Waals surface area contributed by atoms with Crippen molar-refractivity contribution in [3.05, 3.63) is 70.0 Å². The molecule has 2 aromatic carbocycles. The lowest BCUT2D eigenvalue weighted by molar-refractivity contribution is 0.0997. The zero-order valence-corrected chi connectivity index (χ0v) is 22.1. The maximum atomic E-state index is 11.4. The Morgan fingerprint density at radius 3 is 2.54 bits per heavy atom. The van der Waals surface area contributed by atoms with Crippen molar-refractivity contribution < 1.29 is 9.90 Å². The molecule has 0 aliphatic heterocycles. The quantitative estimate of drug-likeness (QED) is 0.327. The van der Waals surface area contributed by atoms with Gasteiger partial charge >= 0.3 is 0 Å². The third-order valence-electron chi connectivity index (χ3n) is 6.47. The van der Waals surface area contributed by atoms with Crippen LogP contribution in [-0.2, 0) is 19.5 Å². The van der Waals surface area contributed by atoms with E-state index in [1.54, 1.807) is 18.2 Å². The summed E-state index contributed by atoms with van der Waals surface area (Å²) in [5.74, 6) is 0.165. The largest absolute Gasteiger partial charge is 0.507 e. The fourth-order valence-electron chi connectivity index (χ4n) is 4.25. The van der Waals surface area contributed by atoms with Crippen LogP contribution in [0.2, 0.25) is 5.15 Å².